The number of carbonyl (C=O) groups is 2. The number of fused-ring (bicyclic) bond motifs is 3. The standard InChI is InChI=1S/C32H36F2N2O6S/c1-4-40-17-22(18-41-5-2)42-13-7-9-20-8-6-10-24-23(20)11-12-28-29(24)35-32(43-28)36-30(37)21-15-26(33)25(27(34)16-21)14-19(3)31(38)39/h6,8,10,14-16,22H,4-5,7,9,11-13,17-18H2,1-3H3,(H,38,39)(H,35,36,37). The summed E-state index contributed by atoms with van der Waals surface area (Å²) in [5.74, 6) is -4.07. The molecule has 0 atom stereocenters. The lowest BCUT2D eigenvalue weighted by molar-refractivity contribution is -0.132. The van der Waals surface area contributed by atoms with E-state index in [0.717, 1.165) is 60.0 Å². The molecule has 1 aliphatic carbocycles. The Bertz CT molecular complexity index is 1460. The SMILES string of the molecule is CCOCC(COCC)OCCCc1cccc2c1CCc1sc(NC(=O)c3cc(F)c(C=C(C)C(=O)O)c(F)c3)nc1-2. The summed E-state index contributed by atoms with van der Waals surface area (Å²) in [5, 5.41) is 12.0. The van der Waals surface area contributed by atoms with Gasteiger partial charge in [0.25, 0.3) is 5.91 Å². The van der Waals surface area contributed by atoms with E-state index in [0.29, 0.717) is 38.2 Å². The largest absolute Gasteiger partial charge is 0.478 e. The molecule has 11 heteroatoms. The van der Waals surface area contributed by atoms with Crippen LogP contribution in [0.15, 0.2) is 35.9 Å². The van der Waals surface area contributed by atoms with E-state index in [9.17, 15) is 18.4 Å². The van der Waals surface area contributed by atoms with Gasteiger partial charge in [0, 0.05) is 47.0 Å². The van der Waals surface area contributed by atoms with Crippen molar-refractivity contribution in [2.75, 3.05) is 38.4 Å². The molecule has 3 aromatic rings. The summed E-state index contributed by atoms with van der Waals surface area (Å²) >= 11 is 1.34. The Kier molecular flexibility index (Phi) is 11.5. The van der Waals surface area contributed by atoms with Gasteiger partial charge in [0.15, 0.2) is 5.13 Å². The van der Waals surface area contributed by atoms with Crippen molar-refractivity contribution in [1.82, 2.24) is 4.98 Å². The van der Waals surface area contributed by atoms with Crippen LogP contribution in [0.25, 0.3) is 17.3 Å². The molecule has 0 unspecified atom stereocenters. The van der Waals surface area contributed by atoms with E-state index in [-0.39, 0.29) is 17.2 Å². The first kappa shape index (κ1) is 32.4. The maximum atomic E-state index is 14.6. The summed E-state index contributed by atoms with van der Waals surface area (Å²) in [5.41, 5.74) is 3.29. The van der Waals surface area contributed by atoms with Gasteiger partial charge in [0.2, 0.25) is 0 Å². The highest BCUT2D eigenvalue weighted by atomic mass is 32.1. The number of hydrogen-bond acceptors (Lipinski definition) is 7. The number of carboxylic acid groups (broad SMARTS) is 1. The smallest absolute Gasteiger partial charge is 0.331 e. The number of halogens is 2. The van der Waals surface area contributed by atoms with Gasteiger partial charge in [-0.25, -0.2) is 18.6 Å². The van der Waals surface area contributed by atoms with Gasteiger partial charge < -0.3 is 19.3 Å². The maximum absolute atomic E-state index is 14.6. The number of carbonyl (C=O) groups excluding carboxylic acids is 1. The lowest BCUT2D eigenvalue weighted by Crippen LogP contribution is -2.26. The van der Waals surface area contributed by atoms with Crippen molar-refractivity contribution in [2.45, 2.75) is 52.6 Å². The highest BCUT2D eigenvalue weighted by Gasteiger charge is 2.24. The first-order chi connectivity index (χ1) is 20.7. The molecule has 1 heterocycles. The topological polar surface area (TPSA) is 107 Å². The Hall–Kier alpha value is -3.51. The number of hydrogen-bond donors (Lipinski definition) is 2. The number of aromatic nitrogens is 1. The average Bonchev–Trinajstić information content (AvgIpc) is 3.40. The van der Waals surface area contributed by atoms with Crippen LogP contribution in [0.4, 0.5) is 13.9 Å². The summed E-state index contributed by atoms with van der Waals surface area (Å²) < 4.78 is 46.2. The second-order valence-electron chi connectivity index (χ2n) is 10.1. The summed E-state index contributed by atoms with van der Waals surface area (Å²) in [6, 6.07) is 7.91. The molecular weight excluding hydrogens is 578 g/mol. The number of rotatable bonds is 15. The summed E-state index contributed by atoms with van der Waals surface area (Å²) in [4.78, 5) is 29.6. The van der Waals surface area contributed by atoms with Crippen LogP contribution in [0.1, 0.15) is 59.1 Å². The third-order valence-corrected chi connectivity index (χ3v) is 8.08. The number of thiazole rings is 1. The van der Waals surface area contributed by atoms with Gasteiger partial charge in [-0.3, -0.25) is 10.1 Å². The number of amides is 1. The number of carboxylic acids is 1. The third kappa shape index (κ3) is 8.32. The molecule has 230 valence electrons. The number of nitrogens with one attached hydrogen (secondary N) is 1. The molecule has 4 rings (SSSR count). The molecular formula is C32H36F2N2O6S. The van der Waals surface area contributed by atoms with E-state index in [1.54, 1.807) is 0 Å². The van der Waals surface area contributed by atoms with Gasteiger partial charge in [-0.1, -0.05) is 18.2 Å². The predicted molar refractivity (Wildman–Crippen MR) is 162 cm³/mol. The van der Waals surface area contributed by atoms with Crippen molar-refractivity contribution in [1.29, 1.82) is 0 Å². The molecule has 1 amide bonds. The molecule has 43 heavy (non-hydrogen) atoms. The van der Waals surface area contributed by atoms with Gasteiger partial charge in [-0.2, -0.15) is 0 Å². The van der Waals surface area contributed by atoms with Crippen LogP contribution in [-0.4, -0.2) is 61.1 Å². The highest BCUT2D eigenvalue weighted by Crippen LogP contribution is 2.39. The molecule has 1 aliphatic rings. The normalized spacial score (nSPS) is 12.7. The van der Waals surface area contributed by atoms with Crippen LogP contribution < -0.4 is 5.32 Å². The molecule has 1 aromatic heterocycles. The van der Waals surface area contributed by atoms with Crippen LogP contribution in [0.2, 0.25) is 0 Å². The Morgan fingerprint density at radius 2 is 1.81 bits per heavy atom. The van der Waals surface area contributed by atoms with Crippen LogP contribution in [0.3, 0.4) is 0 Å². The number of benzene rings is 2. The Labute approximate surface area is 253 Å². The van der Waals surface area contributed by atoms with E-state index in [4.69, 9.17) is 19.3 Å². The molecule has 0 saturated carbocycles. The van der Waals surface area contributed by atoms with E-state index in [2.05, 4.69) is 16.4 Å². The van der Waals surface area contributed by atoms with Crippen molar-refractivity contribution >= 4 is 34.4 Å². The van der Waals surface area contributed by atoms with E-state index in [1.807, 2.05) is 26.0 Å². The molecule has 0 saturated heterocycles. The van der Waals surface area contributed by atoms with Gasteiger partial charge >= 0.3 is 5.97 Å². The second kappa shape index (κ2) is 15.3. The first-order valence-corrected chi connectivity index (χ1v) is 15.1. The van der Waals surface area contributed by atoms with Crippen LogP contribution in [0, 0.1) is 11.6 Å². The zero-order valence-corrected chi connectivity index (χ0v) is 25.3. The van der Waals surface area contributed by atoms with E-state index in [1.165, 1.54) is 29.4 Å². The molecule has 0 spiro atoms. The summed E-state index contributed by atoms with van der Waals surface area (Å²) in [6.07, 6.45) is 4.09. The lowest BCUT2D eigenvalue weighted by Gasteiger charge is -2.20. The van der Waals surface area contributed by atoms with Gasteiger partial charge in [-0.05, 0) is 75.8 Å². The zero-order valence-electron chi connectivity index (χ0n) is 24.5. The number of aryl methyl sites for hydroxylation is 2. The molecule has 0 aliphatic heterocycles. The first-order valence-electron chi connectivity index (χ1n) is 14.3. The van der Waals surface area contributed by atoms with Crippen molar-refractivity contribution in [3.05, 3.63) is 74.7 Å². The number of ether oxygens (including phenoxy) is 3. The molecule has 2 N–H and O–H groups in total. The maximum Gasteiger partial charge on any atom is 0.331 e. The number of anilines is 1. The predicted octanol–water partition coefficient (Wildman–Crippen LogP) is 6.32. The molecule has 0 bridgehead atoms. The van der Waals surface area contributed by atoms with Gasteiger partial charge in [-0.15, -0.1) is 11.3 Å². The van der Waals surface area contributed by atoms with E-state index < -0.39 is 29.1 Å². The minimum Gasteiger partial charge on any atom is -0.478 e. The third-order valence-electron chi connectivity index (χ3n) is 7.05. The summed E-state index contributed by atoms with van der Waals surface area (Å²) in [7, 11) is 0. The molecule has 8 nitrogen and oxygen atoms in total. The molecule has 0 fully saturated rings. The highest BCUT2D eigenvalue weighted by molar-refractivity contribution is 7.16. The molecule has 2 aromatic carbocycles. The van der Waals surface area contributed by atoms with Gasteiger partial charge in [0.1, 0.15) is 17.7 Å². The minimum absolute atomic E-state index is 0.0975. The number of nitrogens with zero attached hydrogens (tertiary/aromatic N) is 1. The Balaban J connectivity index is 1.43. The Morgan fingerprint density at radius 3 is 2.47 bits per heavy atom. The van der Waals surface area contributed by atoms with Crippen LogP contribution in [-0.2, 0) is 38.3 Å². The fourth-order valence-electron chi connectivity index (χ4n) is 4.87. The second-order valence-corrected chi connectivity index (χ2v) is 11.2. The fourth-order valence-corrected chi connectivity index (χ4v) is 5.84. The van der Waals surface area contributed by atoms with E-state index >= 15 is 0 Å². The Morgan fingerprint density at radius 1 is 1.12 bits per heavy atom. The van der Waals surface area contributed by atoms with Crippen molar-refractivity contribution < 1.29 is 37.7 Å². The molecule has 0 radical (unpaired) electrons. The lowest BCUT2D eigenvalue weighted by atomic mass is 9.88. The average molecular weight is 615 g/mol. The summed E-state index contributed by atoms with van der Waals surface area (Å²) in [6.45, 7) is 7.98. The van der Waals surface area contributed by atoms with Gasteiger partial charge in [0.05, 0.1) is 18.9 Å². The van der Waals surface area contributed by atoms with Crippen LogP contribution in [0.5, 0.6) is 0 Å². The fraction of sp³-hybridized carbons (Fsp3) is 0.406. The van der Waals surface area contributed by atoms with Crippen molar-refractivity contribution in [3.8, 4) is 11.3 Å². The number of aliphatic carboxylic acids is 1. The monoisotopic (exact) mass is 614 g/mol. The van der Waals surface area contributed by atoms with Crippen LogP contribution >= 0.6 is 11.3 Å². The van der Waals surface area contributed by atoms with Crippen molar-refractivity contribution in [3.63, 3.8) is 0 Å². The zero-order chi connectivity index (χ0) is 30.9. The minimum atomic E-state index is -1.30. The van der Waals surface area contributed by atoms with Crippen molar-refractivity contribution in [2.24, 2.45) is 0 Å². The quantitative estimate of drug-likeness (QED) is 0.152.